The predicted octanol–water partition coefficient (Wildman–Crippen LogP) is 5.83. The predicted molar refractivity (Wildman–Crippen MR) is 203 cm³/mol. The van der Waals surface area contributed by atoms with Gasteiger partial charge in [0.1, 0.15) is 17.7 Å². The first kappa shape index (κ1) is 37.9. The number of H-pyrrole nitrogens is 2. The van der Waals surface area contributed by atoms with Crippen molar-refractivity contribution in [2.45, 2.75) is 82.8 Å². The summed E-state index contributed by atoms with van der Waals surface area (Å²) in [5, 5.41) is 6.24. The van der Waals surface area contributed by atoms with Gasteiger partial charge in [0, 0.05) is 48.1 Å². The Morgan fingerprint density at radius 2 is 1.51 bits per heavy atom. The maximum atomic E-state index is 13.9. The van der Waals surface area contributed by atoms with E-state index >= 15 is 0 Å². The number of methoxy groups -OCH3 is 2. The van der Waals surface area contributed by atoms with E-state index in [9.17, 15) is 19.2 Å². The quantitative estimate of drug-likeness (QED) is 0.153. The second-order valence-corrected chi connectivity index (χ2v) is 15.0. The van der Waals surface area contributed by atoms with Gasteiger partial charge in [-0.1, -0.05) is 37.1 Å². The van der Waals surface area contributed by atoms with Gasteiger partial charge in [-0.2, -0.15) is 0 Å². The molecule has 1 saturated carbocycles. The molecule has 2 saturated heterocycles. The van der Waals surface area contributed by atoms with Crippen molar-refractivity contribution in [2.75, 3.05) is 34.0 Å². The molecule has 55 heavy (non-hydrogen) atoms. The van der Waals surface area contributed by atoms with Crippen LogP contribution in [0.25, 0.3) is 33.3 Å². The average molecular weight is 755 g/mol. The van der Waals surface area contributed by atoms with Gasteiger partial charge in [-0.25, -0.2) is 30.0 Å². The number of aromatic amines is 2. The number of nitrogens with zero attached hydrogens (tertiary/aromatic N) is 4. The van der Waals surface area contributed by atoms with E-state index in [1.807, 2.05) is 31.1 Å². The van der Waals surface area contributed by atoms with E-state index in [1.54, 1.807) is 0 Å². The molecule has 0 bridgehead atoms. The number of fused-ring (bicyclic) bond motifs is 1. The first-order chi connectivity index (χ1) is 26.6. The van der Waals surface area contributed by atoms with E-state index in [2.05, 4.69) is 57.1 Å². The summed E-state index contributed by atoms with van der Waals surface area (Å²) in [5.74, 6) is 0.648. The monoisotopic (exact) mass is 754 g/mol. The number of carbonyl (C=O) groups excluding carboxylic acids is 4. The van der Waals surface area contributed by atoms with Gasteiger partial charge in [-0.15, -0.1) is 0 Å². The number of benzene rings is 2. The van der Waals surface area contributed by atoms with Gasteiger partial charge >= 0.3 is 12.2 Å². The van der Waals surface area contributed by atoms with E-state index in [-0.39, 0.29) is 41.7 Å². The lowest BCUT2D eigenvalue weighted by molar-refractivity contribution is -0.142. The summed E-state index contributed by atoms with van der Waals surface area (Å²) in [4.78, 5) is 70.0. The second-order valence-electron chi connectivity index (χ2n) is 15.0. The highest BCUT2D eigenvalue weighted by molar-refractivity contribution is 5.90. The number of hydrogen-bond acceptors (Lipinski definition) is 9. The van der Waals surface area contributed by atoms with Crippen LogP contribution < -0.4 is 10.7 Å². The summed E-state index contributed by atoms with van der Waals surface area (Å²) in [5.41, 5.74) is 6.25. The maximum Gasteiger partial charge on any atom is 0.425 e. The van der Waals surface area contributed by atoms with Crippen molar-refractivity contribution in [1.82, 2.24) is 40.6 Å². The Balaban J connectivity index is 1.06. The first-order valence-electron chi connectivity index (χ1n) is 19.2. The smallest absolute Gasteiger partial charge is 0.425 e. The molecule has 2 aromatic heterocycles. The van der Waals surface area contributed by atoms with Crippen LogP contribution in [0.2, 0.25) is 0 Å². The lowest BCUT2D eigenvalue weighted by Crippen LogP contribution is -2.53. The minimum absolute atomic E-state index is 0.104. The van der Waals surface area contributed by atoms with E-state index in [0.29, 0.717) is 38.4 Å². The standard InChI is InChI=1S/C40H50N8O7/c1-23(2)48(46-40(52)54-4)37(49)30-9-6-5-8-29(30)35-41-20-31(43-35)26-13-11-25-19-27(14-12-24(25)18-26)32-21-42-36(44-32)33-10-7-16-47(33)38(50)34(45-39(51)53-3)28-15-17-55-22-28/h11-14,18-21,23,28-30,33-34H,5-10,15-17,22H2,1-4H3,(H,41,43)(H,42,44)(H,45,51)(H,46,52)/t28?,29-,30+,33-,34?/m0/s1. The summed E-state index contributed by atoms with van der Waals surface area (Å²) in [6, 6.07) is 11.3. The number of amides is 4. The normalized spacial score (nSPS) is 21.7. The van der Waals surface area contributed by atoms with Gasteiger partial charge in [0.05, 0.1) is 50.6 Å². The molecule has 4 amide bonds. The van der Waals surface area contributed by atoms with Crippen molar-refractivity contribution in [2.24, 2.45) is 11.8 Å². The summed E-state index contributed by atoms with van der Waals surface area (Å²) < 4.78 is 15.1. The maximum absolute atomic E-state index is 13.9. The SMILES string of the molecule is COC(=O)NC(C(=O)N1CCC[C@H]1c1ncc(-c2ccc3cc(-c4cnc([C@H]5CCCC[C@H]5C(=O)N(NC(=O)OC)C(C)C)[nH]4)ccc3c2)[nH]1)C1CCOC1. The largest absolute Gasteiger partial charge is 0.453 e. The lowest BCUT2D eigenvalue weighted by atomic mass is 9.78. The molecule has 2 unspecified atom stereocenters. The minimum Gasteiger partial charge on any atom is -0.453 e. The fraction of sp³-hybridized carbons (Fsp3) is 0.500. The van der Waals surface area contributed by atoms with Crippen molar-refractivity contribution in [3.05, 3.63) is 60.4 Å². The molecule has 1 aliphatic carbocycles. The summed E-state index contributed by atoms with van der Waals surface area (Å²) in [7, 11) is 2.57. The van der Waals surface area contributed by atoms with Crippen LogP contribution in [0.5, 0.6) is 0 Å². The van der Waals surface area contributed by atoms with Gasteiger partial charge in [0.25, 0.3) is 0 Å². The van der Waals surface area contributed by atoms with Crippen molar-refractivity contribution in [3.8, 4) is 22.5 Å². The van der Waals surface area contributed by atoms with Gasteiger partial charge in [-0.3, -0.25) is 9.59 Å². The molecule has 15 nitrogen and oxygen atoms in total. The topological polar surface area (TPSA) is 184 Å². The summed E-state index contributed by atoms with van der Waals surface area (Å²) in [6.07, 6.45) is 8.08. The summed E-state index contributed by atoms with van der Waals surface area (Å²) in [6.45, 7) is 5.26. The molecular formula is C40H50N8O7. The Labute approximate surface area is 319 Å². The molecule has 2 aliphatic heterocycles. The molecule has 2 aromatic carbocycles. The molecule has 4 aromatic rings. The van der Waals surface area contributed by atoms with Crippen LogP contribution >= 0.6 is 0 Å². The van der Waals surface area contributed by atoms with Crippen molar-refractivity contribution in [1.29, 1.82) is 0 Å². The highest BCUT2D eigenvalue weighted by Crippen LogP contribution is 2.39. The highest BCUT2D eigenvalue weighted by Gasteiger charge is 2.41. The van der Waals surface area contributed by atoms with E-state index in [1.165, 1.54) is 19.2 Å². The second kappa shape index (κ2) is 16.5. The molecule has 0 spiro atoms. The van der Waals surface area contributed by atoms with Crippen LogP contribution in [0.1, 0.15) is 82.4 Å². The van der Waals surface area contributed by atoms with Crippen LogP contribution in [0.4, 0.5) is 9.59 Å². The number of hydrogen-bond donors (Lipinski definition) is 4. The zero-order chi connectivity index (χ0) is 38.6. The van der Waals surface area contributed by atoms with Crippen molar-refractivity contribution in [3.63, 3.8) is 0 Å². The molecule has 4 N–H and O–H groups in total. The number of aromatic nitrogens is 4. The van der Waals surface area contributed by atoms with Crippen LogP contribution in [-0.4, -0.2) is 99.9 Å². The Morgan fingerprint density at radius 3 is 2.15 bits per heavy atom. The zero-order valence-electron chi connectivity index (χ0n) is 31.8. The van der Waals surface area contributed by atoms with E-state index in [0.717, 1.165) is 71.2 Å². The molecule has 0 radical (unpaired) electrons. The first-order valence-corrected chi connectivity index (χ1v) is 19.2. The third-order valence-electron chi connectivity index (χ3n) is 11.3. The molecule has 5 atom stereocenters. The molecule has 3 fully saturated rings. The van der Waals surface area contributed by atoms with E-state index in [4.69, 9.17) is 24.2 Å². The zero-order valence-corrected chi connectivity index (χ0v) is 31.8. The molecule has 7 rings (SSSR count). The average Bonchev–Trinajstić information content (AvgIpc) is 4.05. The highest BCUT2D eigenvalue weighted by atomic mass is 16.5. The van der Waals surface area contributed by atoms with Crippen molar-refractivity contribution < 1.29 is 33.4 Å². The molecular weight excluding hydrogens is 704 g/mol. The third kappa shape index (κ3) is 8.02. The number of carbonyl (C=O) groups is 4. The number of alkyl carbamates (subject to hydrolysis) is 1. The third-order valence-corrected chi connectivity index (χ3v) is 11.3. The van der Waals surface area contributed by atoms with Crippen LogP contribution in [0, 0.1) is 11.8 Å². The van der Waals surface area contributed by atoms with Gasteiger partial charge < -0.3 is 34.4 Å². The Hall–Kier alpha value is -5.44. The molecule has 15 heteroatoms. The number of hydrazine groups is 1. The van der Waals surface area contributed by atoms with Gasteiger partial charge in [-0.05, 0) is 68.9 Å². The Kier molecular flexibility index (Phi) is 11.4. The lowest BCUT2D eigenvalue weighted by Gasteiger charge is -2.35. The molecule has 292 valence electrons. The number of rotatable bonds is 9. The Morgan fingerprint density at radius 1 is 0.855 bits per heavy atom. The molecule has 3 aliphatic rings. The number of likely N-dealkylation sites (tertiary alicyclic amines) is 1. The van der Waals surface area contributed by atoms with Crippen molar-refractivity contribution >= 4 is 34.8 Å². The molecule has 4 heterocycles. The summed E-state index contributed by atoms with van der Waals surface area (Å²) >= 11 is 0. The van der Waals surface area contributed by atoms with Crippen LogP contribution in [0.15, 0.2) is 48.8 Å². The number of ether oxygens (including phenoxy) is 3. The fourth-order valence-electron chi connectivity index (χ4n) is 8.30. The number of imidazole rings is 2. The van der Waals surface area contributed by atoms with Crippen LogP contribution in [-0.2, 0) is 23.8 Å². The number of nitrogens with one attached hydrogen (secondary N) is 4. The van der Waals surface area contributed by atoms with Crippen LogP contribution in [0.3, 0.4) is 0 Å². The minimum atomic E-state index is -0.727. The van der Waals surface area contributed by atoms with Gasteiger partial charge in [0.2, 0.25) is 11.8 Å². The van der Waals surface area contributed by atoms with E-state index < -0.39 is 18.2 Å². The Bertz CT molecular complexity index is 2020. The fourth-order valence-corrected chi connectivity index (χ4v) is 8.30. The van der Waals surface area contributed by atoms with Gasteiger partial charge in [0.15, 0.2) is 0 Å².